The predicted molar refractivity (Wildman–Crippen MR) is 60.5 cm³/mol. The second-order valence-corrected chi connectivity index (χ2v) is 4.86. The van der Waals surface area contributed by atoms with Gasteiger partial charge in [0.05, 0.1) is 10.6 Å². The monoisotopic (exact) mass is 326 g/mol. The SMILES string of the molecule is OC1CC(Oc2ccc(OC(F)(F)F)c(Br)c2)C1. The number of alkyl halides is 3. The van der Waals surface area contributed by atoms with E-state index in [1.807, 2.05) is 0 Å². The summed E-state index contributed by atoms with van der Waals surface area (Å²) in [6.45, 7) is 0. The van der Waals surface area contributed by atoms with Gasteiger partial charge in [0, 0.05) is 12.8 Å². The van der Waals surface area contributed by atoms with Gasteiger partial charge in [-0.3, -0.25) is 0 Å². The fourth-order valence-corrected chi connectivity index (χ4v) is 2.03. The maximum Gasteiger partial charge on any atom is 0.573 e. The zero-order chi connectivity index (χ0) is 13.3. The van der Waals surface area contributed by atoms with Gasteiger partial charge in [0.1, 0.15) is 17.6 Å². The van der Waals surface area contributed by atoms with Gasteiger partial charge >= 0.3 is 6.36 Å². The van der Waals surface area contributed by atoms with Crippen LogP contribution in [0.1, 0.15) is 12.8 Å². The number of ether oxygens (including phenoxy) is 2. The van der Waals surface area contributed by atoms with E-state index >= 15 is 0 Å². The Kier molecular flexibility index (Phi) is 3.72. The summed E-state index contributed by atoms with van der Waals surface area (Å²) in [5.74, 6) is 0.122. The highest BCUT2D eigenvalue weighted by molar-refractivity contribution is 9.10. The first kappa shape index (κ1) is 13.5. The molecule has 3 nitrogen and oxygen atoms in total. The molecule has 0 spiro atoms. The van der Waals surface area contributed by atoms with Gasteiger partial charge < -0.3 is 14.6 Å². The number of benzene rings is 1. The number of aliphatic hydroxyl groups excluding tert-OH is 1. The number of halogens is 4. The lowest BCUT2D eigenvalue weighted by Crippen LogP contribution is -2.37. The van der Waals surface area contributed by atoms with Crippen molar-refractivity contribution in [3.05, 3.63) is 22.7 Å². The Bertz CT molecular complexity index is 430. The summed E-state index contributed by atoms with van der Waals surface area (Å²) in [6, 6.07) is 3.99. The molecule has 1 N–H and O–H groups in total. The third kappa shape index (κ3) is 3.52. The predicted octanol–water partition coefficient (Wildman–Crippen LogP) is 3.25. The minimum Gasteiger partial charge on any atom is -0.490 e. The van der Waals surface area contributed by atoms with E-state index in [1.165, 1.54) is 18.2 Å². The highest BCUT2D eigenvalue weighted by Gasteiger charge is 2.32. The van der Waals surface area contributed by atoms with Gasteiger partial charge in [0.2, 0.25) is 0 Å². The Hall–Kier alpha value is -0.950. The van der Waals surface area contributed by atoms with Crippen molar-refractivity contribution in [2.24, 2.45) is 0 Å². The van der Waals surface area contributed by atoms with Gasteiger partial charge in [0.25, 0.3) is 0 Å². The van der Waals surface area contributed by atoms with Crippen LogP contribution in [0, 0.1) is 0 Å². The highest BCUT2D eigenvalue weighted by Crippen LogP contribution is 2.34. The summed E-state index contributed by atoms with van der Waals surface area (Å²) in [5.41, 5.74) is 0. The molecule has 0 bridgehead atoms. The van der Waals surface area contributed by atoms with Crippen molar-refractivity contribution in [3.8, 4) is 11.5 Å². The average Bonchev–Trinajstić information content (AvgIpc) is 2.18. The van der Waals surface area contributed by atoms with E-state index in [1.54, 1.807) is 0 Å². The van der Waals surface area contributed by atoms with E-state index in [0.717, 1.165) is 0 Å². The molecule has 1 saturated carbocycles. The Morgan fingerprint density at radius 2 is 1.94 bits per heavy atom. The van der Waals surface area contributed by atoms with Crippen molar-refractivity contribution >= 4 is 15.9 Å². The fourth-order valence-electron chi connectivity index (χ4n) is 1.59. The van der Waals surface area contributed by atoms with Crippen molar-refractivity contribution in [3.63, 3.8) is 0 Å². The van der Waals surface area contributed by atoms with Gasteiger partial charge in [-0.15, -0.1) is 13.2 Å². The van der Waals surface area contributed by atoms with Gasteiger partial charge in [-0.1, -0.05) is 0 Å². The standard InChI is InChI=1S/C11H10BrF3O3/c12-9-5-7(17-8-3-6(16)4-8)1-2-10(9)18-11(13,14)15/h1-2,5-6,8,16H,3-4H2. The molecule has 0 amide bonds. The third-order valence-electron chi connectivity index (χ3n) is 2.50. The molecule has 0 aliphatic heterocycles. The first-order valence-electron chi connectivity index (χ1n) is 5.23. The summed E-state index contributed by atoms with van der Waals surface area (Å²) in [4.78, 5) is 0. The summed E-state index contributed by atoms with van der Waals surface area (Å²) < 4.78 is 45.5. The van der Waals surface area contributed by atoms with E-state index in [9.17, 15) is 13.2 Å². The number of hydrogen-bond donors (Lipinski definition) is 1. The molecule has 0 aromatic heterocycles. The van der Waals surface area contributed by atoms with Crippen LogP contribution >= 0.6 is 15.9 Å². The Labute approximate surface area is 110 Å². The van der Waals surface area contributed by atoms with E-state index in [2.05, 4.69) is 20.7 Å². The molecule has 2 rings (SSSR count). The van der Waals surface area contributed by atoms with Crippen molar-refractivity contribution in [1.82, 2.24) is 0 Å². The van der Waals surface area contributed by atoms with Gasteiger partial charge in [-0.05, 0) is 34.1 Å². The van der Waals surface area contributed by atoms with E-state index in [4.69, 9.17) is 9.84 Å². The van der Waals surface area contributed by atoms with Crippen LogP contribution in [-0.4, -0.2) is 23.7 Å². The fraction of sp³-hybridized carbons (Fsp3) is 0.455. The Morgan fingerprint density at radius 3 is 2.44 bits per heavy atom. The molecular weight excluding hydrogens is 317 g/mol. The third-order valence-corrected chi connectivity index (χ3v) is 3.12. The van der Waals surface area contributed by atoms with Crippen molar-refractivity contribution in [2.45, 2.75) is 31.4 Å². The molecule has 1 aromatic carbocycles. The molecule has 0 atom stereocenters. The molecule has 18 heavy (non-hydrogen) atoms. The smallest absolute Gasteiger partial charge is 0.490 e. The van der Waals surface area contributed by atoms with Crippen LogP contribution in [0.5, 0.6) is 11.5 Å². The van der Waals surface area contributed by atoms with Crippen LogP contribution in [0.3, 0.4) is 0 Å². The lowest BCUT2D eigenvalue weighted by molar-refractivity contribution is -0.274. The normalized spacial score (nSPS) is 23.4. The summed E-state index contributed by atoms with van der Waals surface area (Å²) >= 11 is 2.99. The first-order valence-corrected chi connectivity index (χ1v) is 6.03. The zero-order valence-electron chi connectivity index (χ0n) is 9.08. The van der Waals surface area contributed by atoms with Crippen LogP contribution in [0.4, 0.5) is 13.2 Å². The summed E-state index contributed by atoms with van der Waals surface area (Å²) in [7, 11) is 0. The van der Waals surface area contributed by atoms with Gasteiger partial charge in [0.15, 0.2) is 0 Å². The Balaban J connectivity index is 2.01. The molecule has 0 radical (unpaired) electrons. The Morgan fingerprint density at radius 1 is 1.28 bits per heavy atom. The molecule has 0 unspecified atom stereocenters. The van der Waals surface area contributed by atoms with Gasteiger partial charge in [-0.2, -0.15) is 0 Å². The van der Waals surface area contributed by atoms with Crippen LogP contribution < -0.4 is 9.47 Å². The molecule has 7 heteroatoms. The van der Waals surface area contributed by atoms with Crippen LogP contribution in [-0.2, 0) is 0 Å². The molecule has 0 heterocycles. The van der Waals surface area contributed by atoms with Crippen molar-refractivity contribution in [2.75, 3.05) is 0 Å². The largest absolute Gasteiger partial charge is 0.573 e. The maximum absolute atomic E-state index is 12.0. The highest BCUT2D eigenvalue weighted by atomic mass is 79.9. The molecule has 1 fully saturated rings. The van der Waals surface area contributed by atoms with Crippen molar-refractivity contribution in [1.29, 1.82) is 0 Å². The quantitative estimate of drug-likeness (QED) is 0.926. The van der Waals surface area contributed by atoms with E-state index in [-0.39, 0.29) is 22.4 Å². The summed E-state index contributed by atoms with van der Waals surface area (Å²) in [6.07, 6.45) is -4.06. The minimum absolute atomic E-state index is 0.0821. The minimum atomic E-state index is -4.72. The average molecular weight is 327 g/mol. The number of aliphatic hydroxyl groups is 1. The zero-order valence-corrected chi connectivity index (χ0v) is 10.7. The molecule has 1 aliphatic carbocycles. The molecule has 1 aliphatic rings. The number of hydrogen-bond acceptors (Lipinski definition) is 3. The second-order valence-electron chi connectivity index (χ2n) is 4.01. The maximum atomic E-state index is 12.0. The molecule has 100 valence electrons. The molecular formula is C11H10BrF3O3. The van der Waals surface area contributed by atoms with Gasteiger partial charge in [-0.25, -0.2) is 0 Å². The van der Waals surface area contributed by atoms with E-state index < -0.39 is 6.36 Å². The van der Waals surface area contributed by atoms with Crippen LogP contribution in [0.15, 0.2) is 22.7 Å². The lowest BCUT2D eigenvalue weighted by atomic mass is 9.92. The second kappa shape index (κ2) is 4.97. The molecule has 0 saturated heterocycles. The summed E-state index contributed by atoms with van der Waals surface area (Å²) in [5, 5.41) is 9.09. The van der Waals surface area contributed by atoms with Crippen LogP contribution in [0.25, 0.3) is 0 Å². The topological polar surface area (TPSA) is 38.7 Å². The lowest BCUT2D eigenvalue weighted by Gasteiger charge is -2.31. The number of rotatable bonds is 3. The molecule has 1 aromatic rings. The van der Waals surface area contributed by atoms with E-state index in [0.29, 0.717) is 18.6 Å². The first-order chi connectivity index (χ1) is 8.33. The van der Waals surface area contributed by atoms with Crippen LogP contribution in [0.2, 0.25) is 0 Å². The van der Waals surface area contributed by atoms with Crippen molar-refractivity contribution < 1.29 is 27.8 Å².